The number of hydrogen-bond donors (Lipinski definition) is 2. The van der Waals surface area contributed by atoms with E-state index in [0.29, 0.717) is 25.1 Å². The second-order valence-electron chi connectivity index (χ2n) is 7.60. The number of hydrogen-bond acceptors (Lipinski definition) is 8. The van der Waals surface area contributed by atoms with Crippen molar-refractivity contribution in [3.8, 4) is 5.69 Å². The van der Waals surface area contributed by atoms with Crippen LogP contribution in [0.2, 0.25) is 0 Å². The van der Waals surface area contributed by atoms with Crippen molar-refractivity contribution in [1.82, 2.24) is 29.6 Å². The average molecular weight is 433 g/mol. The monoisotopic (exact) mass is 432 g/mol. The molecule has 1 fully saturated rings. The smallest absolute Gasteiger partial charge is 0.246 e. The zero-order chi connectivity index (χ0) is 21.5. The number of aliphatic hydroxyl groups is 1. The van der Waals surface area contributed by atoms with Crippen LogP contribution in [0.15, 0.2) is 33.9 Å². The normalized spacial score (nSPS) is 22.3. The molecule has 0 aliphatic heterocycles. The molecule has 0 unspecified atom stereocenters. The van der Waals surface area contributed by atoms with Crippen molar-refractivity contribution in [2.24, 2.45) is 0 Å². The predicted octanol–water partition coefficient (Wildman–Crippen LogP) is 1.55. The Kier molecular flexibility index (Phi) is 5.43. The van der Waals surface area contributed by atoms with Gasteiger partial charge in [-0.15, -0.1) is 0 Å². The average Bonchev–Trinajstić information content (AvgIpc) is 3.26. The molecule has 0 aromatic carbocycles. The van der Waals surface area contributed by atoms with Gasteiger partial charge in [-0.25, -0.2) is 22.8 Å². The highest BCUT2D eigenvalue weighted by atomic mass is 32.2. The molecule has 1 aliphatic carbocycles. The second kappa shape index (κ2) is 7.89. The van der Waals surface area contributed by atoms with E-state index >= 15 is 0 Å². The number of aryl methyl sites for hydroxylation is 3. The lowest BCUT2D eigenvalue weighted by Crippen LogP contribution is -2.47. The fourth-order valence-electron chi connectivity index (χ4n) is 4.00. The van der Waals surface area contributed by atoms with Crippen LogP contribution in [0.3, 0.4) is 0 Å². The van der Waals surface area contributed by atoms with Crippen LogP contribution in [-0.2, 0) is 10.0 Å². The topological polar surface area (TPSA) is 136 Å². The van der Waals surface area contributed by atoms with E-state index in [9.17, 15) is 13.5 Å². The summed E-state index contributed by atoms with van der Waals surface area (Å²) < 4.78 is 35.2. The highest BCUT2D eigenvalue weighted by Crippen LogP contribution is 2.34. The number of aliphatic hydroxyl groups excluding tert-OH is 1. The summed E-state index contributed by atoms with van der Waals surface area (Å²) in [5.74, 6) is 1.49. The number of pyridine rings is 1. The molecule has 0 spiro atoms. The Labute approximate surface area is 174 Å². The highest BCUT2D eigenvalue weighted by molar-refractivity contribution is 7.89. The Balaban J connectivity index is 1.61. The lowest BCUT2D eigenvalue weighted by Gasteiger charge is -2.33. The van der Waals surface area contributed by atoms with Crippen molar-refractivity contribution in [1.29, 1.82) is 0 Å². The number of aromatic nitrogens is 5. The quantitative estimate of drug-likeness (QED) is 0.620. The Hall–Kier alpha value is -2.63. The fraction of sp³-hybridized carbons (Fsp3) is 0.474. The van der Waals surface area contributed by atoms with E-state index in [-0.39, 0.29) is 22.3 Å². The van der Waals surface area contributed by atoms with E-state index in [1.807, 2.05) is 19.1 Å². The minimum atomic E-state index is -3.89. The Bertz CT molecular complexity index is 1120. The molecule has 3 heterocycles. The molecular weight excluding hydrogens is 408 g/mol. The van der Waals surface area contributed by atoms with Crippen molar-refractivity contribution in [3.05, 3.63) is 47.6 Å². The SMILES string of the molecule is Cc1nc([C@H]2CC[C@@H](O)[C@H](NS(=O)(=O)c3c(C)noc3C)C2)n(-c2cccnc2)n1. The third kappa shape index (κ3) is 3.87. The molecule has 10 nitrogen and oxygen atoms in total. The van der Waals surface area contributed by atoms with E-state index in [0.717, 1.165) is 11.5 Å². The predicted molar refractivity (Wildman–Crippen MR) is 107 cm³/mol. The van der Waals surface area contributed by atoms with E-state index in [1.54, 1.807) is 30.9 Å². The van der Waals surface area contributed by atoms with Crippen LogP contribution in [0, 0.1) is 20.8 Å². The molecule has 0 amide bonds. The van der Waals surface area contributed by atoms with Crippen LogP contribution < -0.4 is 4.72 Å². The molecule has 1 saturated carbocycles. The van der Waals surface area contributed by atoms with Crippen molar-refractivity contribution in [3.63, 3.8) is 0 Å². The summed E-state index contributed by atoms with van der Waals surface area (Å²) in [6.07, 6.45) is 4.09. The lowest BCUT2D eigenvalue weighted by molar-refractivity contribution is 0.0918. The zero-order valence-corrected chi connectivity index (χ0v) is 17.8. The number of sulfonamides is 1. The summed E-state index contributed by atoms with van der Waals surface area (Å²) in [6, 6.07) is 3.04. The second-order valence-corrected chi connectivity index (χ2v) is 9.25. The van der Waals surface area contributed by atoms with Gasteiger partial charge in [0.15, 0.2) is 5.76 Å². The van der Waals surface area contributed by atoms with Gasteiger partial charge in [-0.05, 0) is 52.2 Å². The molecule has 0 saturated heterocycles. The summed E-state index contributed by atoms with van der Waals surface area (Å²) in [5.41, 5.74) is 1.07. The van der Waals surface area contributed by atoms with Gasteiger partial charge >= 0.3 is 0 Å². The van der Waals surface area contributed by atoms with E-state index < -0.39 is 22.2 Å². The van der Waals surface area contributed by atoms with Gasteiger partial charge in [0.25, 0.3) is 0 Å². The first kappa shape index (κ1) is 20.6. The van der Waals surface area contributed by atoms with Crippen LogP contribution >= 0.6 is 0 Å². The Morgan fingerprint density at radius 2 is 2.07 bits per heavy atom. The molecule has 3 aromatic heterocycles. The highest BCUT2D eigenvalue weighted by Gasteiger charge is 2.37. The fourth-order valence-corrected chi connectivity index (χ4v) is 5.61. The van der Waals surface area contributed by atoms with E-state index in [4.69, 9.17) is 4.52 Å². The van der Waals surface area contributed by atoms with Crippen LogP contribution in [0.5, 0.6) is 0 Å². The molecule has 2 N–H and O–H groups in total. The first-order valence-electron chi connectivity index (χ1n) is 9.73. The summed E-state index contributed by atoms with van der Waals surface area (Å²) >= 11 is 0. The maximum Gasteiger partial charge on any atom is 0.246 e. The summed E-state index contributed by atoms with van der Waals surface area (Å²) in [5, 5.41) is 18.7. The zero-order valence-electron chi connectivity index (χ0n) is 17.0. The minimum Gasteiger partial charge on any atom is -0.391 e. The standard InChI is InChI=1S/C19H24N6O4S/c1-11-18(12(2)29-23-11)30(27,28)24-16-9-14(6-7-17(16)26)19-21-13(3)22-25(19)15-5-4-8-20-10-15/h4-5,8,10,14,16-17,24,26H,6-7,9H2,1-3H3/t14-,16+,17+/m0/s1. The molecule has 4 rings (SSSR count). The first-order chi connectivity index (χ1) is 14.3. The molecule has 3 aromatic rings. The van der Waals surface area contributed by atoms with Crippen LogP contribution in [-0.4, -0.2) is 50.6 Å². The summed E-state index contributed by atoms with van der Waals surface area (Å²) in [4.78, 5) is 8.75. The van der Waals surface area contributed by atoms with Gasteiger partial charge in [-0.1, -0.05) is 5.16 Å². The van der Waals surface area contributed by atoms with Crippen molar-refractivity contribution >= 4 is 10.0 Å². The van der Waals surface area contributed by atoms with Crippen molar-refractivity contribution < 1.29 is 18.0 Å². The third-order valence-electron chi connectivity index (χ3n) is 5.35. The maximum atomic E-state index is 12.9. The van der Waals surface area contributed by atoms with Crippen LogP contribution in [0.4, 0.5) is 0 Å². The van der Waals surface area contributed by atoms with Gasteiger partial charge in [0, 0.05) is 18.2 Å². The van der Waals surface area contributed by atoms with Gasteiger partial charge < -0.3 is 9.63 Å². The molecule has 1 aliphatic rings. The summed E-state index contributed by atoms with van der Waals surface area (Å²) in [6.45, 7) is 4.93. The number of nitrogens with zero attached hydrogens (tertiary/aromatic N) is 5. The minimum absolute atomic E-state index is 0.0196. The van der Waals surface area contributed by atoms with Gasteiger partial charge in [-0.3, -0.25) is 4.98 Å². The van der Waals surface area contributed by atoms with Crippen LogP contribution in [0.25, 0.3) is 5.69 Å². The lowest BCUT2D eigenvalue weighted by atomic mass is 9.83. The summed E-state index contributed by atoms with van der Waals surface area (Å²) in [7, 11) is -3.89. The van der Waals surface area contributed by atoms with Gasteiger partial charge in [0.05, 0.1) is 18.0 Å². The van der Waals surface area contributed by atoms with E-state index in [1.165, 1.54) is 0 Å². The van der Waals surface area contributed by atoms with Crippen molar-refractivity contribution in [2.45, 2.75) is 63.0 Å². The molecule has 30 heavy (non-hydrogen) atoms. The number of rotatable bonds is 5. The molecule has 11 heteroatoms. The van der Waals surface area contributed by atoms with Gasteiger partial charge in [-0.2, -0.15) is 5.10 Å². The molecular formula is C19H24N6O4S. The largest absolute Gasteiger partial charge is 0.391 e. The van der Waals surface area contributed by atoms with Crippen molar-refractivity contribution in [2.75, 3.05) is 0 Å². The van der Waals surface area contributed by atoms with Gasteiger partial charge in [0.1, 0.15) is 22.2 Å². The molecule has 160 valence electrons. The van der Waals surface area contributed by atoms with E-state index in [2.05, 4.69) is 24.9 Å². The molecule has 0 radical (unpaired) electrons. The Morgan fingerprint density at radius 1 is 1.27 bits per heavy atom. The maximum absolute atomic E-state index is 12.9. The number of nitrogens with one attached hydrogen (secondary N) is 1. The molecule has 3 atom stereocenters. The third-order valence-corrected chi connectivity index (χ3v) is 7.08. The van der Waals surface area contributed by atoms with Gasteiger partial charge in [0.2, 0.25) is 10.0 Å². The van der Waals surface area contributed by atoms with Crippen LogP contribution in [0.1, 0.15) is 48.3 Å². The Morgan fingerprint density at radius 3 is 2.73 bits per heavy atom. The first-order valence-corrected chi connectivity index (χ1v) is 11.2. The molecule has 0 bridgehead atoms.